The van der Waals surface area contributed by atoms with Crippen LogP contribution < -0.4 is 4.90 Å². The van der Waals surface area contributed by atoms with Gasteiger partial charge in [-0.3, -0.25) is 9.59 Å². The normalized spacial score (nSPS) is 23.0. The molecule has 2 amide bonds. The molecule has 0 bridgehead atoms. The van der Waals surface area contributed by atoms with Gasteiger partial charge in [-0.1, -0.05) is 42.5 Å². The van der Waals surface area contributed by atoms with Crippen LogP contribution in [0.5, 0.6) is 0 Å². The quantitative estimate of drug-likeness (QED) is 0.771. The molecule has 1 fully saturated rings. The second-order valence-corrected chi connectivity index (χ2v) is 7.54. The number of amides is 2. The van der Waals surface area contributed by atoms with Gasteiger partial charge in [-0.2, -0.15) is 0 Å². The van der Waals surface area contributed by atoms with Crippen molar-refractivity contribution in [1.82, 2.24) is 4.90 Å². The number of anilines is 1. The Kier molecular flexibility index (Phi) is 4.77. The highest BCUT2D eigenvalue weighted by Gasteiger charge is 2.43. The lowest BCUT2D eigenvalue weighted by atomic mass is 10.0. The van der Waals surface area contributed by atoms with E-state index < -0.39 is 0 Å². The van der Waals surface area contributed by atoms with E-state index in [-0.39, 0.29) is 24.0 Å². The number of benzene rings is 2. The number of ether oxygens (including phenoxy) is 1. The molecule has 2 aliphatic rings. The van der Waals surface area contributed by atoms with Gasteiger partial charge < -0.3 is 9.64 Å². The van der Waals surface area contributed by atoms with E-state index in [0.717, 1.165) is 11.1 Å². The summed E-state index contributed by atoms with van der Waals surface area (Å²) in [4.78, 5) is 30.2. The summed E-state index contributed by atoms with van der Waals surface area (Å²) in [5.74, 6) is -0.542. The molecule has 2 aromatic carbocycles. The fourth-order valence-electron chi connectivity index (χ4n) is 4.04. The highest BCUT2D eigenvalue weighted by Crippen LogP contribution is 2.36. The van der Waals surface area contributed by atoms with Crippen molar-refractivity contribution in [2.24, 2.45) is 0 Å². The molecule has 2 unspecified atom stereocenters. The van der Waals surface area contributed by atoms with Crippen molar-refractivity contribution in [2.45, 2.75) is 33.0 Å². The molecule has 0 saturated carbocycles. The SMILES string of the molecule is Cc1cccc(N2C(=O)C(c3ccccc3)=C(N3CC(C)OC(C)C3)C2=O)c1. The average molecular weight is 376 g/mol. The minimum atomic E-state index is -0.274. The summed E-state index contributed by atoms with van der Waals surface area (Å²) in [5.41, 5.74) is 3.31. The highest BCUT2D eigenvalue weighted by atomic mass is 16.5. The number of hydrogen-bond donors (Lipinski definition) is 0. The lowest BCUT2D eigenvalue weighted by Gasteiger charge is -2.37. The number of carbonyl (C=O) groups excluding carboxylic acids is 2. The van der Waals surface area contributed by atoms with Gasteiger partial charge in [0.25, 0.3) is 11.8 Å². The Hall–Kier alpha value is -2.92. The fraction of sp³-hybridized carbons (Fsp3) is 0.304. The van der Waals surface area contributed by atoms with Crippen molar-refractivity contribution < 1.29 is 14.3 Å². The summed E-state index contributed by atoms with van der Waals surface area (Å²) >= 11 is 0. The Bertz CT molecular complexity index is 941. The Morgan fingerprint density at radius 3 is 2.21 bits per heavy atom. The molecule has 0 aromatic heterocycles. The van der Waals surface area contributed by atoms with Crippen molar-refractivity contribution in [3.05, 3.63) is 71.4 Å². The van der Waals surface area contributed by atoms with Crippen LogP contribution >= 0.6 is 0 Å². The van der Waals surface area contributed by atoms with E-state index in [1.165, 1.54) is 4.90 Å². The topological polar surface area (TPSA) is 49.9 Å². The largest absolute Gasteiger partial charge is 0.372 e. The van der Waals surface area contributed by atoms with Crippen LogP contribution in [0.3, 0.4) is 0 Å². The molecule has 1 saturated heterocycles. The number of aryl methyl sites for hydroxylation is 1. The average Bonchev–Trinajstić information content (AvgIpc) is 2.92. The first-order valence-electron chi connectivity index (χ1n) is 9.61. The number of nitrogens with zero attached hydrogens (tertiary/aromatic N) is 2. The summed E-state index contributed by atoms with van der Waals surface area (Å²) < 4.78 is 5.83. The summed E-state index contributed by atoms with van der Waals surface area (Å²) in [6, 6.07) is 16.9. The summed E-state index contributed by atoms with van der Waals surface area (Å²) in [6.45, 7) is 7.09. The van der Waals surface area contributed by atoms with Crippen LogP contribution in [0.25, 0.3) is 5.57 Å². The molecule has 2 atom stereocenters. The summed E-state index contributed by atoms with van der Waals surface area (Å²) in [7, 11) is 0. The van der Waals surface area contributed by atoms with Crippen LogP contribution in [0.1, 0.15) is 25.0 Å². The van der Waals surface area contributed by atoms with E-state index in [0.29, 0.717) is 30.0 Å². The standard InChI is InChI=1S/C23H24N2O3/c1-15-8-7-11-19(12-15)25-22(26)20(18-9-5-4-6-10-18)21(23(25)27)24-13-16(2)28-17(3)14-24/h4-12,16-17H,13-14H2,1-3H3. The molecule has 2 aliphatic heterocycles. The maximum absolute atomic E-state index is 13.5. The van der Waals surface area contributed by atoms with E-state index in [4.69, 9.17) is 4.74 Å². The minimum absolute atomic E-state index is 0.0100. The molecule has 0 spiro atoms. The van der Waals surface area contributed by atoms with Gasteiger partial charge in [0.1, 0.15) is 5.70 Å². The molecular formula is C23H24N2O3. The lowest BCUT2D eigenvalue weighted by molar-refractivity contribution is -0.121. The number of imide groups is 1. The molecule has 4 rings (SSSR count). The van der Waals surface area contributed by atoms with Crippen LogP contribution in [-0.4, -0.2) is 42.0 Å². The van der Waals surface area contributed by atoms with Crippen LogP contribution in [0.4, 0.5) is 5.69 Å². The van der Waals surface area contributed by atoms with Gasteiger partial charge in [-0.15, -0.1) is 0 Å². The zero-order valence-electron chi connectivity index (χ0n) is 16.4. The molecule has 5 nitrogen and oxygen atoms in total. The van der Waals surface area contributed by atoms with Gasteiger partial charge in [-0.05, 0) is 44.0 Å². The van der Waals surface area contributed by atoms with Crippen molar-refractivity contribution >= 4 is 23.1 Å². The first-order valence-corrected chi connectivity index (χ1v) is 9.61. The third-order valence-corrected chi connectivity index (χ3v) is 5.12. The van der Waals surface area contributed by atoms with Gasteiger partial charge in [0.15, 0.2) is 0 Å². The highest BCUT2D eigenvalue weighted by molar-refractivity contribution is 6.45. The molecule has 0 N–H and O–H groups in total. The first-order chi connectivity index (χ1) is 13.5. The molecule has 144 valence electrons. The minimum Gasteiger partial charge on any atom is -0.372 e. The Morgan fingerprint density at radius 1 is 0.893 bits per heavy atom. The van der Waals surface area contributed by atoms with Gasteiger partial charge in [0.05, 0.1) is 23.5 Å². The molecule has 0 aliphatic carbocycles. The molecular weight excluding hydrogens is 352 g/mol. The maximum Gasteiger partial charge on any atom is 0.282 e. The van der Waals surface area contributed by atoms with E-state index >= 15 is 0 Å². The van der Waals surface area contributed by atoms with Crippen LogP contribution in [0.2, 0.25) is 0 Å². The van der Waals surface area contributed by atoms with Gasteiger partial charge in [-0.25, -0.2) is 4.90 Å². The Labute approximate surface area is 165 Å². The second kappa shape index (κ2) is 7.24. The van der Waals surface area contributed by atoms with Crippen molar-refractivity contribution in [3.8, 4) is 0 Å². The molecule has 5 heteroatoms. The van der Waals surface area contributed by atoms with Crippen molar-refractivity contribution in [2.75, 3.05) is 18.0 Å². The van der Waals surface area contributed by atoms with Crippen molar-refractivity contribution in [1.29, 1.82) is 0 Å². The second-order valence-electron chi connectivity index (χ2n) is 7.54. The zero-order valence-corrected chi connectivity index (χ0v) is 16.4. The summed E-state index contributed by atoms with van der Waals surface area (Å²) in [5, 5.41) is 0. The first kappa shape index (κ1) is 18.4. The van der Waals surface area contributed by atoms with Gasteiger partial charge >= 0.3 is 0 Å². The van der Waals surface area contributed by atoms with E-state index in [1.54, 1.807) is 6.07 Å². The Balaban J connectivity index is 1.83. The molecule has 2 heterocycles. The third kappa shape index (κ3) is 3.22. The van der Waals surface area contributed by atoms with E-state index in [9.17, 15) is 9.59 Å². The van der Waals surface area contributed by atoms with Crippen LogP contribution in [-0.2, 0) is 14.3 Å². The van der Waals surface area contributed by atoms with Gasteiger partial charge in [0, 0.05) is 13.1 Å². The fourth-order valence-corrected chi connectivity index (χ4v) is 4.04. The van der Waals surface area contributed by atoms with Crippen LogP contribution in [0, 0.1) is 6.92 Å². The number of carbonyl (C=O) groups is 2. The maximum atomic E-state index is 13.5. The monoisotopic (exact) mass is 376 g/mol. The van der Waals surface area contributed by atoms with Crippen LogP contribution in [0.15, 0.2) is 60.3 Å². The Morgan fingerprint density at radius 2 is 1.57 bits per heavy atom. The third-order valence-electron chi connectivity index (χ3n) is 5.12. The molecule has 28 heavy (non-hydrogen) atoms. The number of morpholine rings is 1. The smallest absolute Gasteiger partial charge is 0.282 e. The summed E-state index contributed by atoms with van der Waals surface area (Å²) in [6.07, 6.45) is -0.0200. The zero-order chi connectivity index (χ0) is 19.8. The predicted octanol–water partition coefficient (Wildman–Crippen LogP) is 3.39. The van der Waals surface area contributed by atoms with E-state index in [2.05, 4.69) is 0 Å². The number of hydrogen-bond acceptors (Lipinski definition) is 4. The number of rotatable bonds is 3. The van der Waals surface area contributed by atoms with Gasteiger partial charge in [0.2, 0.25) is 0 Å². The molecule has 0 radical (unpaired) electrons. The van der Waals surface area contributed by atoms with E-state index in [1.807, 2.05) is 74.2 Å². The lowest BCUT2D eigenvalue weighted by Crippen LogP contribution is -2.47. The predicted molar refractivity (Wildman–Crippen MR) is 109 cm³/mol. The molecule has 2 aromatic rings. The van der Waals surface area contributed by atoms with Crippen molar-refractivity contribution in [3.63, 3.8) is 0 Å².